The summed E-state index contributed by atoms with van der Waals surface area (Å²) in [5.74, 6) is 0.849. The molecule has 1 aliphatic heterocycles. The Morgan fingerprint density at radius 2 is 1.88 bits per heavy atom. The molecule has 1 aromatic rings. The Morgan fingerprint density at radius 3 is 2.48 bits per heavy atom. The number of nitrogens with two attached hydrogens (primary N) is 1. The van der Waals surface area contributed by atoms with Gasteiger partial charge in [-0.3, -0.25) is 0 Å². The summed E-state index contributed by atoms with van der Waals surface area (Å²) < 4.78 is 34.7. The zero-order valence-corrected chi connectivity index (χ0v) is 16.7. The Balaban J connectivity index is 0.00000312. The van der Waals surface area contributed by atoms with Crippen LogP contribution in [0.3, 0.4) is 0 Å². The molecular weight excluding hydrogens is 443 g/mol. The third-order valence-corrected chi connectivity index (χ3v) is 3.88. The molecule has 1 fully saturated rings. The second kappa shape index (κ2) is 11.3. The molecule has 0 amide bonds. The van der Waals surface area contributed by atoms with E-state index in [-0.39, 0.29) is 29.7 Å². The highest BCUT2D eigenvalue weighted by Crippen LogP contribution is 2.30. The van der Waals surface area contributed by atoms with E-state index in [1.807, 2.05) is 0 Å². The van der Waals surface area contributed by atoms with Crippen LogP contribution in [0.4, 0.5) is 8.78 Å². The average Bonchev–Trinajstić information content (AvgIpc) is 2.84. The molecule has 25 heavy (non-hydrogen) atoms. The van der Waals surface area contributed by atoms with Crippen molar-refractivity contribution in [1.29, 1.82) is 0 Å². The molecule has 2 rings (SSSR count). The number of rotatable bonds is 6. The van der Waals surface area contributed by atoms with E-state index in [1.54, 1.807) is 19.1 Å². The van der Waals surface area contributed by atoms with Gasteiger partial charge < -0.3 is 20.1 Å². The van der Waals surface area contributed by atoms with E-state index < -0.39 is 6.61 Å². The lowest BCUT2D eigenvalue weighted by Gasteiger charge is -2.21. The van der Waals surface area contributed by atoms with Gasteiger partial charge in [-0.1, -0.05) is 18.9 Å². The molecule has 0 aliphatic carbocycles. The fourth-order valence-corrected chi connectivity index (χ4v) is 2.68. The second-order valence-electron chi connectivity index (χ2n) is 5.67. The number of likely N-dealkylation sites (tertiary alicyclic amines) is 1. The number of hydrogen-bond donors (Lipinski definition) is 1. The molecule has 0 bridgehead atoms. The largest absolute Gasteiger partial charge is 0.490 e. The third-order valence-electron chi connectivity index (χ3n) is 3.88. The molecule has 0 aromatic heterocycles. The van der Waals surface area contributed by atoms with Gasteiger partial charge in [0.2, 0.25) is 0 Å². The van der Waals surface area contributed by atoms with Crippen molar-refractivity contribution in [2.24, 2.45) is 10.7 Å². The number of ether oxygens (including phenoxy) is 2. The van der Waals surface area contributed by atoms with Gasteiger partial charge in [-0.15, -0.1) is 24.0 Å². The van der Waals surface area contributed by atoms with Gasteiger partial charge in [0.25, 0.3) is 0 Å². The van der Waals surface area contributed by atoms with Crippen molar-refractivity contribution in [1.82, 2.24) is 4.90 Å². The van der Waals surface area contributed by atoms with Crippen molar-refractivity contribution in [2.75, 3.05) is 19.7 Å². The van der Waals surface area contributed by atoms with E-state index in [0.29, 0.717) is 24.9 Å². The van der Waals surface area contributed by atoms with Gasteiger partial charge in [0.15, 0.2) is 17.5 Å². The van der Waals surface area contributed by atoms with Gasteiger partial charge in [0.1, 0.15) is 0 Å². The minimum absolute atomic E-state index is 0. The minimum atomic E-state index is -2.88. The SMILES string of the molecule is CCOc1cc(CN=C(N)N2CCCCCC2)ccc1OC(F)F.I. The molecule has 8 heteroatoms. The fourth-order valence-electron chi connectivity index (χ4n) is 2.68. The highest BCUT2D eigenvalue weighted by molar-refractivity contribution is 14.0. The predicted octanol–water partition coefficient (Wildman–Crippen LogP) is 4.00. The smallest absolute Gasteiger partial charge is 0.387 e. The highest BCUT2D eigenvalue weighted by atomic mass is 127. The molecular formula is C17H26F2IN3O2. The van der Waals surface area contributed by atoms with Gasteiger partial charge in [-0.2, -0.15) is 8.78 Å². The minimum Gasteiger partial charge on any atom is -0.490 e. The molecule has 2 N–H and O–H groups in total. The summed E-state index contributed by atoms with van der Waals surface area (Å²) in [6.45, 7) is 1.50. The van der Waals surface area contributed by atoms with E-state index >= 15 is 0 Å². The van der Waals surface area contributed by atoms with E-state index in [1.165, 1.54) is 18.9 Å². The standard InChI is InChI=1S/C17H25F2N3O2.HI/c1-2-23-15-11-13(7-8-14(15)24-16(18)19)12-21-17(20)22-9-5-3-4-6-10-22;/h7-8,11,16H,2-6,9-10,12H2,1H3,(H2,20,21);1H. The van der Waals surface area contributed by atoms with Gasteiger partial charge in [-0.05, 0) is 37.5 Å². The first-order valence-corrected chi connectivity index (χ1v) is 8.35. The molecule has 1 aliphatic rings. The van der Waals surface area contributed by atoms with Crippen LogP contribution < -0.4 is 15.2 Å². The monoisotopic (exact) mass is 469 g/mol. The number of alkyl halides is 2. The zero-order chi connectivity index (χ0) is 17.4. The first-order valence-electron chi connectivity index (χ1n) is 8.35. The Morgan fingerprint density at radius 1 is 1.20 bits per heavy atom. The molecule has 1 saturated heterocycles. The number of nitrogens with zero attached hydrogens (tertiary/aromatic N) is 2. The second-order valence-corrected chi connectivity index (χ2v) is 5.67. The van der Waals surface area contributed by atoms with Crippen LogP contribution >= 0.6 is 24.0 Å². The first-order chi connectivity index (χ1) is 11.6. The fraction of sp³-hybridized carbons (Fsp3) is 0.588. The van der Waals surface area contributed by atoms with Crippen LogP contribution in [0.2, 0.25) is 0 Å². The number of guanidine groups is 1. The van der Waals surface area contributed by atoms with Crippen molar-refractivity contribution in [2.45, 2.75) is 45.8 Å². The lowest BCUT2D eigenvalue weighted by atomic mass is 10.2. The van der Waals surface area contributed by atoms with Gasteiger partial charge in [0, 0.05) is 13.1 Å². The normalized spacial score (nSPS) is 15.5. The summed E-state index contributed by atoms with van der Waals surface area (Å²) >= 11 is 0. The summed E-state index contributed by atoms with van der Waals surface area (Å²) in [5.41, 5.74) is 6.91. The van der Waals surface area contributed by atoms with Crippen molar-refractivity contribution < 1.29 is 18.3 Å². The van der Waals surface area contributed by atoms with Crippen molar-refractivity contribution in [3.05, 3.63) is 23.8 Å². The lowest BCUT2D eigenvalue weighted by Crippen LogP contribution is -2.38. The van der Waals surface area contributed by atoms with Crippen LogP contribution in [0.15, 0.2) is 23.2 Å². The molecule has 0 unspecified atom stereocenters. The Kier molecular flexibility index (Phi) is 9.84. The number of halogens is 3. The topological polar surface area (TPSA) is 60.1 Å². The molecule has 0 spiro atoms. The van der Waals surface area contributed by atoms with Crippen molar-refractivity contribution >= 4 is 29.9 Å². The van der Waals surface area contributed by atoms with Gasteiger partial charge >= 0.3 is 6.61 Å². The Labute approximate surface area is 164 Å². The Hall–Kier alpha value is -1.32. The van der Waals surface area contributed by atoms with E-state index in [0.717, 1.165) is 31.5 Å². The quantitative estimate of drug-likeness (QED) is 0.389. The van der Waals surface area contributed by atoms with E-state index in [2.05, 4.69) is 14.6 Å². The lowest BCUT2D eigenvalue weighted by molar-refractivity contribution is -0.0514. The van der Waals surface area contributed by atoms with Crippen molar-refractivity contribution in [3.8, 4) is 11.5 Å². The van der Waals surface area contributed by atoms with Crippen LogP contribution in [0.1, 0.15) is 38.2 Å². The van der Waals surface area contributed by atoms with Crippen LogP contribution in [-0.4, -0.2) is 37.2 Å². The zero-order valence-electron chi connectivity index (χ0n) is 14.4. The summed E-state index contributed by atoms with van der Waals surface area (Å²) in [5, 5.41) is 0. The van der Waals surface area contributed by atoms with E-state index in [4.69, 9.17) is 10.5 Å². The van der Waals surface area contributed by atoms with Gasteiger partial charge in [0.05, 0.1) is 13.2 Å². The predicted molar refractivity (Wildman–Crippen MR) is 105 cm³/mol. The summed E-state index contributed by atoms with van der Waals surface area (Å²) in [6.07, 6.45) is 4.72. The molecule has 0 atom stereocenters. The molecule has 0 saturated carbocycles. The molecule has 1 heterocycles. The summed E-state index contributed by atoms with van der Waals surface area (Å²) in [7, 11) is 0. The number of aliphatic imine (C=N–C) groups is 1. The van der Waals surface area contributed by atoms with Gasteiger partial charge in [-0.25, -0.2) is 4.99 Å². The summed E-state index contributed by atoms with van der Waals surface area (Å²) in [6, 6.07) is 4.84. The van der Waals surface area contributed by atoms with Crippen LogP contribution in [0.25, 0.3) is 0 Å². The third kappa shape index (κ3) is 7.21. The maximum Gasteiger partial charge on any atom is 0.387 e. The first kappa shape index (κ1) is 21.7. The average molecular weight is 469 g/mol. The molecule has 0 radical (unpaired) electrons. The van der Waals surface area contributed by atoms with Crippen molar-refractivity contribution in [3.63, 3.8) is 0 Å². The summed E-state index contributed by atoms with van der Waals surface area (Å²) in [4.78, 5) is 6.53. The van der Waals surface area contributed by atoms with E-state index in [9.17, 15) is 8.78 Å². The molecule has 5 nitrogen and oxygen atoms in total. The number of benzene rings is 1. The van der Waals surface area contributed by atoms with Crippen LogP contribution in [0.5, 0.6) is 11.5 Å². The highest BCUT2D eigenvalue weighted by Gasteiger charge is 2.13. The Bertz CT molecular complexity index is 551. The van der Waals surface area contributed by atoms with Crippen LogP contribution in [-0.2, 0) is 6.54 Å². The maximum atomic E-state index is 12.4. The number of hydrogen-bond acceptors (Lipinski definition) is 3. The molecule has 142 valence electrons. The maximum absolute atomic E-state index is 12.4. The van der Waals surface area contributed by atoms with Crippen LogP contribution in [0, 0.1) is 0 Å². The molecule has 1 aromatic carbocycles.